The number of nitrogens with two attached hydrogens (primary N) is 1. The minimum atomic E-state index is -1.04. The van der Waals surface area contributed by atoms with Crippen molar-refractivity contribution in [2.24, 2.45) is 5.73 Å². The summed E-state index contributed by atoms with van der Waals surface area (Å²) in [6, 6.07) is -0.880. The fourth-order valence-electron chi connectivity index (χ4n) is 1.45. The molecule has 18 heavy (non-hydrogen) atoms. The molecule has 1 atom stereocenters. The van der Waals surface area contributed by atoms with Crippen molar-refractivity contribution in [2.75, 3.05) is 13.1 Å². The van der Waals surface area contributed by atoms with Gasteiger partial charge in [-0.15, -0.1) is 0 Å². The van der Waals surface area contributed by atoms with Gasteiger partial charge in [-0.2, -0.15) is 0 Å². The third-order valence-electron chi connectivity index (χ3n) is 2.55. The van der Waals surface area contributed by atoms with E-state index in [9.17, 15) is 14.4 Å². The van der Waals surface area contributed by atoms with Crippen molar-refractivity contribution in [1.29, 1.82) is 0 Å². The highest BCUT2D eigenvalue weighted by Crippen LogP contribution is 2.03. The minimum absolute atomic E-state index is 0.0891. The zero-order valence-electron chi connectivity index (χ0n) is 10.5. The van der Waals surface area contributed by atoms with Crippen LogP contribution in [0.3, 0.4) is 0 Å². The minimum Gasteiger partial charge on any atom is -0.481 e. The molecule has 0 heterocycles. The van der Waals surface area contributed by atoms with Crippen molar-refractivity contribution in [3.63, 3.8) is 0 Å². The molecule has 0 aromatic carbocycles. The zero-order chi connectivity index (χ0) is 14.1. The summed E-state index contributed by atoms with van der Waals surface area (Å²) in [7, 11) is 0. The van der Waals surface area contributed by atoms with Crippen LogP contribution in [0.1, 0.15) is 32.6 Å². The lowest BCUT2D eigenvalue weighted by Crippen LogP contribution is -2.33. The highest BCUT2D eigenvalue weighted by molar-refractivity contribution is 5.74. The molecular weight excluding hydrogens is 240 g/mol. The summed E-state index contributed by atoms with van der Waals surface area (Å²) < 4.78 is 0. The SMILES string of the molecule is CC(=O)N(CCCC[C@H](N)C(=O)O)CCC(=O)O. The van der Waals surface area contributed by atoms with E-state index in [-0.39, 0.29) is 18.9 Å². The van der Waals surface area contributed by atoms with E-state index in [1.54, 1.807) is 0 Å². The van der Waals surface area contributed by atoms with Crippen LogP contribution in [-0.2, 0) is 14.4 Å². The largest absolute Gasteiger partial charge is 0.481 e. The number of aliphatic carboxylic acids is 2. The second-order valence-corrected chi connectivity index (χ2v) is 4.09. The molecule has 0 bridgehead atoms. The van der Waals surface area contributed by atoms with Gasteiger partial charge in [0.2, 0.25) is 5.91 Å². The molecule has 0 rings (SSSR count). The molecule has 0 radical (unpaired) electrons. The van der Waals surface area contributed by atoms with Crippen molar-refractivity contribution < 1.29 is 24.6 Å². The predicted molar refractivity (Wildman–Crippen MR) is 64.0 cm³/mol. The number of carbonyl (C=O) groups excluding carboxylic acids is 1. The number of rotatable bonds is 9. The average molecular weight is 260 g/mol. The van der Waals surface area contributed by atoms with Crippen molar-refractivity contribution in [2.45, 2.75) is 38.6 Å². The molecule has 1 amide bonds. The van der Waals surface area contributed by atoms with E-state index in [1.807, 2.05) is 0 Å². The summed E-state index contributed by atoms with van der Waals surface area (Å²) >= 11 is 0. The molecule has 0 aliphatic heterocycles. The smallest absolute Gasteiger partial charge is 0.320 e. The Morgan fingerprint density at radius 3 is 2.22 bits per heavy atom. The van der Waals surface area contributed by atoms with Crippen LogP contribution >= 0.6 is 0 Å². The Morgan fingerprint density at radius 2 is 1.78 bits per heavy atom. The molecule has 0 spiro atoms. The fourth-order valence-corrected chi connectivity index (χ4v) is 1.45. The van der Waals surface area contributed by atoms with E-state index >= 15 is 0 Å². The van der Waals surface area contributed by atoms with Crippen LogP contribution in [0.4, 0.5) is 0 Å². The number of hydrogen-bond donors (Lipinski definition) is 3. The summed E-state index contributed by atoms with van der Waals surface area (Å²) in [5, 5.41) is 17.1. The summed E-state index contributed by atoms with van der Waals surface area (Å²) in [6.07, 6.45) is 1.46. The highest BCUT2D eigenvalue weighted by atomic mass is 16.4. The number of amides is 1. The van der Waals surface area contributed by atoms with Crippen LogP contribution in [0.25, 0.3) is 0 Å². The van der Waals surface area contributed by atoms with Gasteiger partial charge in [0, 0.05) is 20.0 Å². The summed E-state index contributed by atoms with van der Waals surface area (Å²) in [4.78, 5) is 33.5. The van der Waals surface area contributed by atoms with E-state index in [0.717, 1.165) is 0 Å². The second kappa shape index (κ2) is 8.46. The third-order valence-corrected chi connectivity index (χ3v) is 2.55. The first-order valence-electron chi connectivity index (χ1n) is 5.80. The molecule has 0 aromatic rings. The first-order valence-corrected chi connectivity index (χ1v) is 5.80. The van der Waals surface area contributed by atoms with Crippen molar-refractivity contribution in [3.8, 4) is 0 Å². The molecule has 0 saturated carbocycles. The molecular formula is C11H20N2O5. The van der Waals surface area contributed by atoms with E-state index < -0.39 is 18.0 Å². The number of nitrogens with zero attached hydrogens (tertiary/aromatic N) is 1. The number of carboxylic acid groups (broad SMARTS) is 2. The first-order chi connectivity index (χ1) is 8.34. The van der Waals surface area contributed by atoms with E-state index in [2.05, 4.69) is 0 Å². The number of hydrogen-bond acceptors (Lipinski definition) is 4. The maximum Gasteiger partial charge on any atom is 0.320 e. The normalized spacial score (nSPS) is 11.9. The van der Waals surface area contributed by atoms with Crippen molar-refractivity contribution >= 4 is 17.8 Å². The van der Waals surface area contributed by atoms with E-state index in [4.69, 9.17) is 15.9 Å². The Morgan fingerprint density at radius 1 is 1.17 bits per heavy atom. The number of carbonyl (C=O) groups is 3. The van der Waals surface area contributed by atoms with Crippen LogP contribution in [0, 0.1) is 0 Å². The van der Waals surface area contributed by atoms with Gasteiger partial charge < -0.3 is 20.8 Å². The maximum absolute atomic E-state index is 11.2. The molecule has 0 fully saturated rings. The Labute approximate surface area is 106 Å². The Kier molecular flexibility index (Phi) is 7.69. The summed E-state index contributed by atoms with van der Waals surface area (Å²) in [6.45, 7) is 1.98. The molecule has 104 valence electrons. The van der Waals surface area contributed by atoms with Gasteiger partial charge in [0.05, 0.1) is 6.42 Å². The van der Waals surface area contributed by atoms with Crippen LogP contribution < -0.4 is 5.73 Å². The van der Waals surface area contributed by atoms with Crippen molar-refractivity contribution in [3.05, 3.63) is 0 Å². The predicted octanol–water partition coefficient (Wildman–Crippen LogP) is -0.108. The lowest BCUT2D eigenvalue weighted by Gasteiger charge is -2.20. The van der Waals surface area contributed by atoms with E-state index in [1.165, 1.54) is 11.8 Å². The molecule has 0 aliphatic rings. The second-order valence-electron chi connectivity index (χ2n) is 4.09. The Balaban J connectivity index is 3.87. The lowest BCUT2D eigenvalue weighted by molar-refractivity contribution is -0.140. The summed E-state index contributed by atoms with van der Waals surface area (Å²) in [5.41, 5.74) is 5.33. The quantitative estimate of drug-likeness (QED) is 0.497. The molecule has 0 saturated heterocycles. The van der Waals surface area contributed by atoms with Gasteiger partial charge in [0.25, 0.3) is 0 Å². The standard InChI is InChI=1S/C11H20N2O5/c1-8(14)13(7-5-10(15)16)6-3-2-4-9(12)11(17)18/h9H,2-7,12H2,1H3,(H,15,16)(H,17,18)/t9-/m0/s1. The monoisotopic (exact) mass is 260 g/mol. The topological polar surface area (TPSA) is 121 Å². The van der Waals surface area contributed by atoms with Gasteiger partial charge in [0.15, 0.2) is 0 Å². The molecule has 7 nitrogen and oxygen atoms in total. The molecule has 0 unspecified atom stereocenters. The molecule has 7 heteroatoms. The van der Waals surface area contributed by atoms with E-state index in [0.29, 0.717) is 25.8 Å². The summed E-state index contributed by atoms with van der Waals surface area (Å²) in [5.74, 6) is -2.17. The van der Waals surface area contributed by atoms with Crippen LogP contribution in [0.2, 0.25) is 0 Å². The first kappa shape index (κ1) is 16.4. The molecule has 0 aliphatic carbocycles. The molecule has 0 aromatic heterocycles. The third kappa shape index (κ3) is 7.61. The molecule has 4 N–H and O–H groups in total. The van der Waals surface area contributed by atoms with Crippen LogP contribution in [0.5, 0.6) is 0 Å². The lowest BCUT2D eigenvalue weighted by atomic mass is 10.1. The Bertz CT molecular complexity index is 306. The van der Waals surface area contributed by atoms with Gasteiger partial charge in [0.1, 0.15) is 6.04 Å². The number of unbranched alkanes of at least 4 members (excludes halogenated alkanes) is 1. The van der Waals surface area contributed by atoms with Crippen molar-refractivity contribution in [1.82, 2.24) is 4.90 Å². The fraction of sp³-hybridized carbons (Fsp3) is 0.727. The highest BCUT2D eigenvalue weighted by Gasteiger charge is 2.13. The van der Waals surface area contributed by atoms with Gasteiger partial charge in [-0.3, -0.25) is 14.4 Å². The van der Waals surface area contributed by atoms with Crippen LogP contribution in [-0.4, -0.2) is 52.1 Å². The number of carboxylic acids is 2. The zero-order valence-corrected chi connectivity index (χ0v) is 10.5. The van der Waals surface area contributed by atoms with Crippen LogP contribution in [0.15, 0.2) is 0 Å². The van der Waals surface area contributed by atoms with Gasteiger partial charge >= 0.3 is 11.9 Å². The Hall–Kier alpha value is -1.63. The van der Waals surface area contributed by atoms with Gasteiger partial charge in [-0.1, -0.05) is 0 Å². The average Bonchev–Trinajstić information content (AvgIpc) is 2.26. The maximum atomic E-state index is 11.2. The van der Waals surface area contributed by atoms with Gasteiger partial charge in [-0.25, -0.2) is 0 Å². The van der Waals surface area contributed by atoms with Gasteiger partial charge in [-0.05, 0) is 19.3 Å².